The first-order valence-corrected chi connectivity index (χ1v) is 10.0. The molecule has 1 saturated heterocycles. The van der Waals surface area contributed by atoms with Crippen molar-refractivity contribution in [2.45, 2.75) is 12.8 Å². The van der Waals surface area contributed by atoms with E-state index in [4.69, 9.17) is 21.1 Å². The summed E-state index contributed by atoms with van der Waals surface area (Å²) in [5, 5.41) is 3.52. The van der Waals surface area contributed by atoms with Gasteiger partial charge in [0.15, 0.2) is 0 Å². The number of methoxy groups -OCH3 is 1. The topological polar surface area (TPSA) is 67.9 Å². The van der Waals surface area contributed by atoms with Gasteiger partial charge in [-0.05, 0) is 49.2 Å². The molecule has 0 aromatic heterocycles. The van der Waals surface area contributed by atoms with E-state index in [1.807, 2.05) is 18.2 Å². The zero-order valence-corrected chi connectivity index (χ0v) is 17.2. The van der Waals surface area contributed by atoms with Gasteiger partial charge in [0.25, 0.3) is 5.91 Å². The van der Waals surface area contributed by atoms with Crippen LogP contribution in [-0.4, -0.2) is 50.1 Å². The van der Waals surface area contributed by atoms with Gasteiger partial charge in [-0.2, -0.15) is 0 Å². The van der Waals surface area contributed by atoms with Crippen LogP contribution in [0.4, 0.5) is 0 Å². The Hall–Kier alpha value is -2.73. The highest BCUT2D eigenvalue weighted by atomic mass is 35.5. The van der Waals surface area contributed by atoms with Gasteiger partial charge in [0.2, 0.25) is 5.91 Å². The number of carbonyl (C=O) groups is 2. The lowest BCUT2D eigenvalue weighted by molar-refractivity contribution is -0.126. The minimum Gasteiger partial charge on any atom is -0.497 e. The summed E-state index contributed by atoms with van der Waals surface area (Å²) >= 11 is 5.87. The summed E-state index contributed by atoms with van der Waals surface area (Å²) in [5.41, 5.74) is 0.618. The fraction of sp³-hybridized carbons (Fsp3) is 0.364. The summed E-state index contributed by atoms with van der Waals surface area (Å²) in [4.78, 5) is 26.7. The average Bonchev–Trinajstić information content (AvgIpc) is 2.77. The summed E-state index contributed by atoms with van der Waals surface area (Å²) in [7, 11) is 1.60. The van der Waals surface area contributed by atoms with Crippen LogP contribution < -0.4 is 14.8 Å². The number of benzene rings is 2. The third-order valence-electron chi connectivity index (χ3n) is 4.96. The molecule has 0 radical (unpaired) electrons. The molecule has 29 heavy (non-hydrogen) atoms. The highest BCUT2D eigenvalue weighted by Crippen LogP contribution is 2.21. The van der Waals surface area contributed by atoms with E-state index in [2.05, 4.69) is 5.32 Å². The van der Waals surface area contributed by atoms with Gasteiger partial charge < -0.3 is 19.7 Å². The van der Waals surface area contributed by atoms with Gasteiger partial charge in [0, 0.05) is 35.7 Å². The Balaban J connectivity index is 1.38. The average molecular weight is 417 g/mol. The van der Waals surface area contributed by atoms with E-state index >= 15 is 0 Å². The van der Waals surface area contributed by atoms with Crippen molar-refractivity contribution >= 4 is 23.4 Å². The number of nitrogens with one attached hydrogen (secondary N) is 1. The molecule has 0 unspecified atom stereocenters. The number of halogens is 1. The van der Waals surface area contributed by atoms with E-state index in [1.165, 1.54) is 0 Å². The molecular weight excluding hydrogens is 392 g/mol. The summed E-state index contributed by atoms with van der Waals surface area (Å²) in [5.74, 6) is 1.34. The smallest absolute Gasteiger partial charge is 0.253 e. The van der Waals surface area contributed by atoms with Gasteiger partial charge in [0.1, 0.15) is 18.1 Å². The van der Waals surface area contributed by atoms with Crippen molar-refractivity contribution in [1.82, 2.24) is 10.2 Å². The predicted octanol–water partition coefficient (Wildman–Crippen LogP) is 3.40. The van der Waals surface area contributed by atoms with E-state index in [-0.39, 0.29) is 17.7 Å². The maximum Gasteiger partial charge on any atom is 0.253 e. The van der Waals surface area contributed by atoms with Crippen molar-refractivity contribution in [3.8, 4) is 11.5 Å². The number of rotatable bonds is 7. The molecule has 0 atom stereocenters. The van der Waals surface area contributed by atoms with Gasteiger partial charge >= 0.3 is 0 Å². The Bertz CT molecular complexity index is 833. The molecule has 2 amide bonds. The Labute approximate surface area is 175 Å². The lowest BCUT2D eigenvalue weighted by atomic mass is 9.95. The van der Waals surface area contributed by atoms with E-state index in [0.29, 0.717) is 55.4 Å². The Morgan fingerprint density at radius 3 is 2.48 bits per heavy atom. The first kappa shape index (κ1) is 21.0. The van der Waals surface area contributed by atoms with Gasteiger partial charge in [-0.1, -0.05) is 17.7 Å². The quantitative estimate of drug-likeness (QED) is 0.702. The van der Waals surface area contributed by atoms with Crippen molar-refractivity contribution in [2.75, 3.05) is 33.4 Å². The lowest BCUT2D eigenvalue weighted by Crippen LogP contribution is -2.43. The number of hydrogen-bond acceptors (Lipinski definition) is 4. The molecule has 1 heterocycles. The van der Waals surface area contributed by atoms with E-state index in [9.17, 15) is 9.59 Å². The Kier molecular flexibility index (Phi) is 7.36. The van der Waals surface area contributed by atoms with Crippen LogP contribution in [0.2, 0.25) is 5.02 Å². The van der Waals surface area contributed by atoms with Crippen molar-refractivity contribution in [3.63, 3.8) is 0 Å². The van der Waals surface area contributed by atoms with Crippen molar-refractivity contribution in [2.24, 2.45) is 5.92 Å². The van der Waals surface area contributed by atoms with E-state index in [0.717, 1.165) is 5.75 Å². The highest BCUT2D eigenvalue weighted by Gasteiger charge is 2.27. The van der Waals surface area contributed by atoms with Crippen LogP contribution in [0.25, 0.3) is 0 Å². The summed E-state index contributed by atoms with van der Waals surface area (Å²) in [6.07, 6.45) is 1.31. The summed E-state index contributed by atoms with van der Waals surface area (Å²) in [6, 6.07) is 14.2. The number of hydrogen-bond donors (Lipinski definition) is 1. The van der Waals surface area contributed by atoms with Crippen LogP contribution in [-0.2, 0) is 4.79 Å². The normalized spacial score (nSPS) is 14.3. The minimum atomic E-state index is -0.0823. The SMILES string of the molecule is COc1cccc(OCCNC(=O)C2CCN(C(=O)c3ccc(Cl)cc3)CC2)c1. The highest BCUT2D eigenvalue weighted by molar-refractivity contribution is 6.30. The predicted molar refractivity (Wildman–Crippen MR) is 112 cm³/mol. The molecule has 0 saturated carbocycles. The number of ether oxygens (including phenoxy) is 2. The van der Waals surface area contributed by atoms with Gasteiger partial charge in [0.05, 0.1) is 13.7 Å². The maximum atomic E-state index is 12.5. The number of carbonyl (C=O) groups excluding carboxylic acids is 2. The van der Waals surface area contributed by atoms with Crippen LogP contribution in [0, 0.1) is 5.92 Å². The van der Waals surface area contributed by atoms with E-state index in [1.54, 1.807) is 42.3 Å². The van der Waals surface area contributed by atoms with Gasteiger partial charge in [-0.3, -0.25) is 9.59 Å². The standard InChI is InChI=1S/C22H25ClN2O4/c1-28-19-3-2-4-20(15-19)29-14-11-24-21(26)16-9-12-25(13-10-16)22(27)17-5-7-18(23)8-6-17/h2-8,15-16H,9-14H2,1H3,(H,24,26). The van der Waals surface area contributed by atoms with Crippen LogP contribution in [0.5, 0.6) is 11.5 Å². The van der Waals surface area contributed by atoms with Crippen LogP contribution in [0.3, 0.4) is 0 Å². The monoisotopic (exact) mass is 416 g/mol. The molecule has 6 nitrogen and oxygen atoms in total. The molecule has 0 spiro atoms. The maximum absolute atomic E-state index is 12.5. The fourth-order valence-corrected chi connectivity index (χ4v) is 3.42. The molecule has 2 aromatic carbocycles. The first-order valence-electron chi connectivity index (χ1n) is 9.66. The second kappa shape index (κ2) is 10.2. The molecule has 1 fully saturated rings. The number of amides is 2. The molecular formula is C22H25ClN2O4. The van der Waals surface area contributed by atoms with Crippen molar-refractivity contribution in [1.29, 1.82) is 0 Å². The lowest BCUT2D eigenvalue weighted by Gasteiger charge is -2.31. The molecule has 1 N–H and O–H groups in total. The number of likely N-dealkylation sites (tertiary alicyclic amines) is 1. The molecule has 1 aliphatic heterocycles. The minimum absolute atomic E-state index is 0.0119. The summed E-state index contributed by atoms with van der Waals surface area (Å²) in [6.45, 7) is 1.95. The largest absolute Gasteiger partial charge is 0.497 e. The Morgan fingerprint density at radius 2 is 1.79 bits per heavy atom. The molecule has 1 aliphatic rings. The molecule has 0 aliphatic carbocycles. The van der Waals surface area contributed by atoms with Gasteiger partial charge in [-0.25, -0.2) is 0 Å². The fourth-order valence-electron chi connectivity index (χ4n) is 3.30. The summed E-state index contributed by atoms with van der Waals surface area (Å²) < 4.78 is 10.8. The molecule has 7 heteroatoms. The molecule has 154 valence electrons. The molecule has 2 aromatic rings. The second-order valence-electron chi connectivity index (χ2n) is 6.89. The zero-order chi connectivity index (χ0) is 20.6. The van der Waals surface area contributed by atoms with Crippen LogP contribution >= 0.6 is 11.6 Å². The van der Waals surface area contributed by atoms with Crippen molar-refractivity contribution in [3.05, 3.63) is 59.1 Å². The zero-order valence-electron chi connectivity index (χ0n) is 16.4. The van der Waals surface area contributed by atoms with Crippen molar-refractivity contribution < 1.29 is 19.1 Å². The third kappa shape index (κ3) is 5.87. The molecule has 3 rings (SSSR count). The number of nitrogens with zero attached hydrogens (tertiary/aromatic N) is 1. The Morgan fingerprint density at radius 1 is 1.10 bits per heavy atom. The van der Waals surface area contributed by atoms with Crippen LogP contribution in [0.15, 0.2) is 48.5 Å². The third-order valence-corrected chi connectivity index (χ3v) is 5.21. The van der Waals surface area contributed by atoms with E-state index < -0.39 is 0 Å². The van der Waals surface area contributed by atoms with Gasteiger partial charge in [-0.15, -0.1) is 0 Å². The number of piperidine rings is 1. The first-order chi connectivity index (χ1) is 14.1. The van der Waals surface area contributed by atoms with Crippen LogP contribution in [0.1, 0.15) is 23.2 Å². The second-order valence-corrected chi connectivity index (χ2v) is 7.33. The molecule has 0 bridgehead atoms.